The second-order valence-corrected chi connectivity index (χ2v) is 7.02. The number of pyridine rings is 1. The molecule has 0 saturated carbocycles. The third-order valence-corrected chi connectivity index (χ3v) is 5.40. The average molecular weight is 374 g/mol. The maximum Gasteiger partial charge on any atom is 0.240 e. The Balaban J connectivity index is 1.71. The third-order valence-electron chi connectivity index (χ3n) is 4.45. The summed E-state index contributed by atoms with van der Waals surface area (Å²) in [5.74, 6) is 0.435. The molecule has 0 unspecified atom stereocenters. The summed E-state index contributed by atoms with van der Waals surface area (Å²) in [6, 6.07) is 3.26. The van der Waals surface area contributed by atoms with E-state index in [0.29, 0.717) is 24.7 Å². The molecule has 2 N–H and O–H groups in total. The molecule has 2 aromatic heterocycles. The van der Waals surface area contributed by atoms with E-state index in [2.05, 4.69) is 15.2 Å². The topological polar surface area (TPSA) is 107 Å². The van der Waals surface area contributed by atoms with E-state index < -0.39 is 11.9 Å². The van der Waals surface area contributed by atoms with Crippen molar-refractivity contribution >= 4 is 23.6 Å². The van der Waals surface area contributed by atoms with Crippen LogP contribution in [0.25, 0.3) is 11.4 Å². The number of piperidine rings is 1. The van der Waals surface area contributed by atoms with Crippen LogP contribution in [0.3, 0.4) is 0 Å². The Hall–Kier alpha value is -2.42. The van der Waals surface area contributed by atoms with E-state index in [-0.39, 0.29) is 11.7 Å². The zero-order chi connectivity index (χ0) is 18.5. The highest BCUT2D eigenvalue weighted by molar-refractivity contribution is 7.99. The van der Waals surface area contributed by atoms with E-state index in [1.165, 1.54) is 11.8 Å². The minimum atomic E-state index is -0.492. The van der Waals surface area contributed by atoms with Crippen LogP contribution in [0.5, 0.6) is 0 Å². The summed E-state index contributed by atoms with van der Waals surface area (Å²) in [5.41, 5.74) is 6.37. The molecule has 0 radical (unpaired) electrons. The van der Waals surface area contributed by atoms with Crippen molar-refractivity contribution < 1.29 is 9.59 Å². The number of likely N-dealkylation sites (tertiary alicyclic amines) is 1. The molecule has 8 nitrogen and oxygen atoms in total. The van der Waals surface area contributed by atoms with Gasteiger partial charge in [0, 0.05) is 31.0 Å². The molecule has 1 aliphatic heterocycles. The minimum Gasteiger partial charge on any atom is -0.368 e. The highest BCUT2D eigenvalue weighted by atomic mass is 32.2. The lowest BCUT2D eigenvalue weighted by molar-refractivity contribution is -0.138. The van der Waals surface area contributed by atoms with Gasteiger partial charge >= 0.3 is 0 Å². The molecule has 138 valence electrons. The average Bonchev–Trinajstić information content (AvgIpc) is 3.09. The maximum atomic E-state index is 12.6. The number of hydrogen-bond acceptors (Lipinski definition) is 6. The van der Waals surface area contributed by atoms with Crippen LogP contribution in [-0.2, 0) is 16.1 Å². The molecule has 3 rings (SSSR count). The number of carbonyl (C=O) groups excluding carboxylic acids is 2. The van der Waals surface area contributed by atoms with Crippen molar-refractivity contribution in [1.82, 2.24) is 24.6 Å². The maximum absolute atomic E-state index is 12.6. The van der Waals surface area contributed by atoms with Crippen molar-refractivity contribution in [3.05, 3.63) is 24.5 Å². The molecule has 9 heteroatoms. The van der Waals surface area contributed by atoms with Crippen molar-refractivity contribution in [1.29, 1.82) is 0 Å². The molecule has 0 bridgehead atoms. The zero-order valence-electron chi connectivity index (χ0n) is 14.7. The summed E-state index contributed by atoms with van der Waals surface area (Å²) in [7, 11) is 0. The van der Waals surface area contributed by atoms with Crippen LogP contribution in [-0.4, -0.2) is 54.8 Å². The SMILES string of the molecule is CCn1c(SCC(=O)N2CCCC[C@H]2C(N)=O)nnc1-c1ccncc1. The quantitative estimate of drug-likeness (QED) is 0.764. The van der Waals surface area contributed by atoms with E-state index in [9.17, 15) is 9.59 Å². The molecular formula is C17H22N6O2S. The molecular weight excluding hydrogens is 352 g/mol. The molecule has 1 fully saturated rings. The van der Waals surface area contributed by atoms with Gasteiger partial charge in [0.25, 0.3) is 0 Å². The van der Waals surface area contributed by atoms with Gasteiger partial charge in [-0.1, -0.05) is 11.8 Å². The molecule has 3 heterocycles. The molecule has 0 aliphatic carbocycles. The number of amides is 2. The number of aromatic nitrogens is 4. The number of primary amides is 1. The summed E-state index contributed by atoms with van der Waals surface area (Å²) in [4.78, 5) is 29.8. The lowest BCUT2D eigenvalue weighted by atomic mass is 10.0. The first-order chi connectivity index (χ1) is 12.6. The van der Waals surface area contributed by atoms with Crippen LogP contribution >= 0.6 is 11.8 Å². The Labute approximate surface area is 156 Å². The highest BCUT2D eigenvalue weighted by Gasteiger charge is 2.30. The number of nitrogens with two attached hydrogens (primary N) is 1. The Kier molecular flexibility index (Phi) is 5.87. The number of carbonyl (C=O) groups is 2. The Morgan fingerprint density at radius 3 is 2.73 bits per heavy atom. The first kappa shape index (κ1) is 18.4. The van der Waals surface area contributed by atoms with E-state index in [1.807, 2.05) is 23.6 Å². The lowest BCUT2D eigenvalue weighted by Crippen LogP contribution is -2.51. The van der Waals surface area contributed by atoms with Crippen LogP contribution in [0.15, 0.2) is 29.7 Å². The van der Waals surface area contributed by atoms with Crippen molar-refractivity contribution in [2.45, 2.75) is 43.9 Å². The fraction of sp³-hybridized carbons (Fsp3) is 0.471. The zero-order valence-corrected chi connectivity index (χ0v) is 15.5. The molecule has 2 amide bonds. The summed E-state index contributed by atoms with van der Waals surface area (Å²) in [6.45, 7) is 3.28. The fourth-order valence-corrected chi connectivity index (χ4v) is 4.02. The first-order valence-electron chi connectivity index (χ1n) is 8.67. The third kappa shape index (κ3) is 3.87. The van der Waals surface area contributed by atoms with Crippen LogP contribution in [0.4, 0.5) is 0 Å². The van der Waals surface area contributed by atoms with Crippen molar-refractivity contribution in [2.75, 3.05) is 12.3 Å². The second-order valence-electron chi connectivity index (χ2n) is 6.08. The van der Waals surface area contributed by atoms with E-state index >= 15 is 0 Å². The Morgan fingerprint density at radius 2 is 2.04 bits per heavy atom. The second kappa shape index (κ2) is 8.31. The molecule has 1 atom stereocenters. The summed E-state index contributed by atoms with van der Waals surface area (Å²) in [5, 5.41) is 9.16. The molecule has 1 saturated heterocycles. The van der Waals surface area contributed by atoms with Crippen molar-refractivity contribution in [2.24, 2.45) is 5.73 Å². The summed E-state index contributed by atoms with van der Waals surface area (Å²) < 4.78 is 1.97. The van der Waals surface area contributed by atoms with E-state index in [0.717, 1.165) is 24.2 Å². The van der Waals surface area contributed by atoms with Crippen LogP contribution < -0.4 is 5.73 Å². The first-order valence-corrected chi connectivity index (χ1v) is 9.65. The van der Waals surface area contributed by atoms with Gasteiger partial charge in [-0.05, 0) is 38.3 Å². The van der Waals surface area contributed by atoms with Gasteiger partial charge in [0.1, 0.15) is 6.04 Å². The molecule has 2 aromatic rings. The standard InChI is InChI=1S/C17H22N6O2S/c1-2-22-16(12-6-8-19-9-7-12)20-21-17(22)26-11-14(24)23-10-4-3-5-13(23)15(18)25/h6-9,13H,2-5,10-11H2,1H3,(H2,18,25)/t13-/m0/s1. The van der Waals surface area contributed by atoms with Gasteiger partial charge in [-0.15, -0.1) is 10.2 Å². The molecule has 0 aromatic carbocycles. The van der Waals surface area contributed by atoms with Crippen LogP contribution in [0.1, 0.15) is 26.2 Å². The van der Waals surface area contributed by atoms with Gasteiger partial charge in [-0.2, -0.15) is 0 Å². The summed E-state index contributed by atoms with van der Waals surface area (Å²) >= 11 is 1.33. The predicted octanol–water partition coefficient (Wildman–Crippen LogP) is 1.32. The smallest absolute Gasteiger partial charge is 0.240 e. The lowest BCUT2D eigenvalue weighted by Gasteiger charge is -2.33. The van der Waals surface area contributed by atoms with Crippen molar-refractivity contribution in [3.8, 4) is 11.4 Å². The van der Waals surface area contributed by atoms with Gasteiger partial charge < -0.3 is 15.2 Å². The van der Waals surface area contributed by atoms with Gasteiger partial charge in [-0.3, -0.25) is 14.6 Å². The number of hydrogen-bond donors (Lipinski definition) is 1. The number of rotatable bonds is 6. The number of thioether (sulfide) groups is 1. The summed E-state index contributed by atoms with van der Waals surface area (Å²) in [6.07, 6.45) is 5.88. The van der Waals surface area contributed by atoms with Gasteiger partial charge in [0.05, 0.1) is 5.75 Å². The van der Waals surface area contributed by atoms with E-state index in [1.54, 1.807) is 17.3 Å². The highest BCUT2D eigenvalue weighted by Crippen LogP contribution is 2.25. The van der Waals surface area contributed by atoms with E-state index in [4.69, 9.17) is 5.73 Å². The van der Waals surface area contributed by atoms with Gasteiger partial charge in [0.2, 0.25) is 11.8 Å². The largest absolute Gasteiger partial charge is 0.368 e. The molecule has 1 aliphatic rings. The minimum absolute atomic E-state index is 0.0883. The Bertz CT molecular complexity index is 779. The predicted molar refractivity (Wildman–Crippen MR) is 98.2 cm³/mol. The van der Waals surface area contributed by atoms with Crippen LogP contribution in [0.2, 0.25) is 0 Å². The number of nitrogens with zero attached hydrogens (tertiary/aromatic N) is 5. The van der Waals surface area contributed by atoms with Crippen molar-refractivity contribution in [3.63, 3.8) is 0 Å². The monoisotopic (exact) mass is 374 g/mol. The normalized spacial score (nSPS) is 17.3. The molecule has 26 heavy (non-hydrogen) atoms. The van der Waals surface area contributed by atoms with Gasteiger partial charge in [-0.25, -0.2) is 0 Å². The van der Waals surface area contributed by atoms with Gasteiger partial charge in [0.15, 0.2) is 11.0 Å². The fourth-order valence-electron chi connectivity index (χ4n) is 3.13. The van der Waals surface area contributed by atoms with Crippen LogP contribution in [0, 0.1) is 0 Å². The Morgan fingerprint density at radius 1 is 1.27 bits per heavy atom. The molecule has 0 spiro atoms.